The van der Waals surface area contributed by atoms with E-state index in [1.54, 1.807) is 10.6 Å². The quantitative estimate of drug-likeness (QED) is 0.239. The first-order valence-corrected chi connectivity index (χ1v) is 13.3. The number of esters is 1. The summed E-state index contributed by atoms with van der Waals surface area (Å²) < 4.78 is 6.89. The first-order chi connectivity index (χ1) is 17.3. The lowest BCUT2D eigenvalue weighted by molar-refractivity contribution is 0.0598. The fourth-order valence-electron chi connectivity index (χ4n) is 4.50. The summed E-state index contributed by atoms with van der Waals surface area (Å²) in [5, 5.41) is 3.10. The van der Waals surface area contributed by atoms with Crippen LogP contribution in [0.15, 0.2) is 58.7 Å². The van der Waals surface area contributed by atoms with E-state index in [2.05, 4.69) is 13.8 Å². The van der Waals surface area contributed by atoms with Gasteiger partial charge in [0, 0.05) is 21.7 Å². The molecule has 0 saturated heterocycles. The average molecular weight is 521 g/mol. The van der Waals surface area contributed by atoms with Gasteiger partial charge in [-0.3, -0.25) is 9.36 Å². The Morgan fingerprint density at radius 2 is 1.72 bits per heavy atom. The smallest absolute Gasteiger partial charge is 0.339 e. The van der Waals surface area contributed by atoms with Crippen LogP contribution < -0.4 is 5.56 Å². The Morgan fingerprint density at radius 1 is 1.08 bits per heavy atom. The van der Waals surface area contributed by atoms with Gasteiger partial charge in [-0.25, -0.2) is 9.78 Å². The standard InChI is InChI=1S/C29H29ClN2O3S/c1-6-18-9-8-10-19(7-2)26(18)32-25(17(3)4)22(29(34)35-5)15-23(28(32)33)27-31-24(16-36-27)20-11-13-21(30)14-12-20/h8-17H,6-7H2,1-5H3. The normalized spacial score (nSPS) is 11.2. The first-order valence-electron chi connectivity index (χ1n) is 12.0. The Kier molecular flexibility index (Phi) is 7.76. The summed E-state index contributed by atoms with van der Waals surface area (Å²) >= 11 is 7.41. The number of aromatic nitrogens is 2. The van der Waals surface area contributed by atoms with Crippen molar-refractivity contribution >= 4 is 28.9 Å². The molecule has 4 rings (SSSR count). The maximum atomic E-state index is 14.2. The third-order valence-electron chi connectivity index (χ3n) is 6.25. The lowest BCUT2D eigenvalue weighted by atomic mass is 9.97. The van der Waals surface area contributed by atoms with E-state index in [1.165, 1.54) is 18.4 Å². The molecule has 2 heterocycles. The predicted molar refractivity (Wildman–Crippen MR) is 148 cm³/mol. The number of hydrogen-bond acceptors (Lipinski definition) is 5. The topological polar surface area (TPSA) is 61.2 Å². The molecule has 0 N–H and O–H groups in total. The Balaban J connectivity index is 2.06. The summed E-state index contributed by atoms with van der Waals surface area (Å²) in [4.78, 5) is 32.0. The van der Waals surface area contributed by atoms with Crippen LogP contribution in [0, 0.1) is 0 Å². The van der Waals surface area contributed by atoms with Crippen LogP contribution in [0.1, 0.15) is 60.8 Å². The number of methoxy groups -OCH3 is 1. The van der Waals surface area contributed by atoms with Gasteiger partial charge in [-0.15, -0.1) is 11.3 Å². The highest BCUT2D eigenvalue weighted by atomic mass is 35.5. The minimum Gasteiger partial charge on any atom is -0.465 e. The van der Waals surface area contributed by atoms with Crippen LogP contribution in [0.3, 0.4) is 0 Å². The molecule has 186 valence electrons. The molecular weight excluding hydrogens is 492 g/mol. The number of carbonyl (C=O) groups excluding carboxylic acids is 1. The molecule has 0 aliphatic rings. The zero-order valence-electron chi connectivity index (χ0n) is 21.1. The zero-order valence-corrected chi connectivity index (χ0v) is 22.7. The lowest BCUT2D eigenvalue weighted by Gasteiger charge is -2.24. The number of rotatable bonds is 7. The molecule has 36 heavy (non-hydrogen) atoms. The van der Waals surface area contributed by atoms with E-state index in [-0.39, 0.29) is 11.5 Å². The number of benzene rings is 2. The number of aryl methyl sites for hydroxylation is 2. The second kappa shape index (κ2) is 10.8. The van der Waals surface area contributed by atoms with Gasteiger partial charge in [0.05, 0.1) is 29.6 Å². The van der Waals surface area contributed by atoms with Crippen molar-refractivity contribution in [1.82, 2.24) is 9.55 Å². The molecule has 0 fully saturated rings. The van der Waals surface area contributed by atoms with Crippen LogP contribution in [0.25, 0.3) is 27.5 Å². The Bertz CT molecular complexity index is 1450. The van der Waals surface area contributed by atoms with Crippen molar-refractivity contribution in [2.24, 2.45) is 0 Å². The van der Waals surface area contributed by atoms with E-state index in [9.17, 15) is 9.59 Å². The first kappa shape index (κ1) is 25.9. The van der Waals surface area contributed by atoms with Crippen LogP contribution >= 0.6 is 22.9 Å². The molecule has 0 unspecified atom stereocenters. The van der Waals surface area contributed by atoms with E-state index in [0.717, 1.165) is 40.9 Å². The molecule has 0 bridgehead atoms. The van der Waals surface area contributed by atoms with Gasteiger partial charge >= 0.3 is 5.97 Å². The highest BCUT2D eigenvalue weighted by molar-refractivity contribution is 7.13. The second-order valence-corrected chi connectivity index (χ2v) is 10.1. The number of carbonyl (C=O) groups is 1. The summed E-state index contributed by atoms with van der Waals surface area (Å²) in [7, 11) is 1.36. The van der Waals surface area contributed by atoms with Gasteiger partial charge < -0.3 is 4.74 Å². The maximum absolute atomic E-state index is 14.2. The van der Waals surface area contributed by atoms with Crippen molar-refractivity contribution < 1.29 is 9.53 Å². The minimum atomic E-state index is -0.477. The van der Waals surface area contributed by atoms with Crippen LogP contribution in [0.5, 0.6) is 0 Å². The number of pyridine rings is 1. The lowest BCUT2D eigenvalue weighted by Crippen LogP contribution is -2.29. The third kappa shape index (κ3) is 4.75. The summed E-state index contributed by atoms with van der Waals surface area (Å²) in [6.07, 6.45) is 1.51. The molecular formula is C29H29ClN2O3S. The summed E-state index contributed by atoms with van der Waals surface area (Å²) in [5.41, 5.74) is 5.78. The fraction of sp³-hybridized carbons (Fsp3) is 0.276. The van der Waals surface area contributed by atoms with E-state index in [1.807, 2.05) is 61.7 Å². The minimum absolute atomic E-state index is 0.101. The van der Waals surface area contributed by atoms with Crippen molar-refractivity contribution in [2.75, 3.05) is 7.11 Å². The fourth-order valence-corrected chi connectivity index (χ4v) is 5.46. The molecule has 0 aliphatic carbocycles. The van der Waals surface area contributed by atoms with Gasteiger partial charge in [0.15, 0.2) is 0 Å². The summed E-state index contributed by atoms with van der Waals surface area (Å²) in [6.45, 7) is 8.12. The molecule has 2 aromatic carbocycles. The second-order valence-electron chi connectivity index (χ2n) is 8.82. The van der Waals surface area contributed by atoms with Crippen molar-refractivity contribution in [3.05, 3.63) is 91.7 Å². The Labute approximate surface area is 220 Å². The van der Waals surface area contributed by atoms with Gasteiger partial charge in [0.2, 0.25) is 0 Å². The molecule has 7 heteroatoms. The average Bonchev–Trinajstić information content (AvgIpc) is 3.37. The number of ether oxygens (including phenoxy) is 1. The van der Waals surface area contributed by atoms with Gasteiger partial charge in [-0.2, -0.15) is 0 Å². The van der Waals surface area contributed by atoms with Gasteiger partial charge in [-0.05, 0) is 48.1 Å². The highest BCUT2D eigenvalue weighted by Gasteiger charge is 2.26. The molecule has 0 aliphatic heterocycles. The third-order valence-corrected chi connectivity index (χ3v) is 7.38. The number of thiazole rings is 1. The number of halogens is 1. The summed E-state index contributed by atoms with van der Waals surface area (Å²) in [5.74, 6) is -0.577. The van der Waals surface area contributed by atoms with Crippen molar-refractivity contribution in [3.63, 3.8) is 0 Å². The SMILES string of the molecule is CCc1cccc(CC)c1-n1c(C(C)C)c(C(=O)OC)cc(-c2nc(-c3ccc(Cl)cc3)cs2)c1=O. The van der Waals surface area contributed by atoms with Gasteiger partial charge in [-0.1, -0.05) is 69.6 Å². The molecule has 4 aromatic rings. The van der Waals surface area contributed by atoms with E-state index in [0.29, 0.717) is 26.9 Å². The Hall–Kier alpha value is -3.22. The largest absolute Gasteiger partial charge is 0.465 e. The van der Waals surface area contributed by atoms with E-state index in [4.69, 9.17) is 21.3 Å². The number of para-hydroxylation sites is 1. The van der Waals surface area contributed by atoms with Crippen LogP contribution in [-0.2, 0) is 17.6 Å². The molecule has 0 atom stereocenters. The molecule has 2 aromatic heterocycles. The van der Waals surface area contributed by atoms with Crippen LogP contribution in [0.2, 0.25) is 5.02 Å². The maximum Gasteiger partial charge on any atom is 0.339 e. The van der Waals surface area contributed by atoms with Crippen molar-refractivity contribution in [2.45, 2.75) is 46.5 Å². The van der Waals surface area contributed by atoms with E-state index >= 15 is 0 Å². The van der Waals surface area contributed by atoms with Crippen LogP contribution in [-0.4, -0.2) is 22.6 Å². The molecule has 0 radical (unpaired) electrons. The van der Waals surface area contributed by atoms with Gasteiger partial charge in [0.1, 0.15) is 5.01 Å². The Morgan fingerprint density at radius 3 is 2.28 bits per heavy atom. The predicted octanol–water partition coefficient (Wildman–Crippen LogP) is 7.32. The van der Waals surface area contributed by atoms with Crippen LogP contribution in [0.4, 0.5) is 0 Å². The summed E-state index contributed by atoms with van der Waals surface area (Å²) in [6, 6.07) is 15.1. The van der Waals surface area contributed by atoms with Crippen molar-refractivity contribution in [1.29, 1.82) is 0 Å². The van der Waals surface area contributed by atoms with Gasteiger partial charge in [0.25, 0.3) is 5.56 Å². The molecule has 0 spiro atoms. The number of hydrogen-bond donors (Lipinski definition) is 0. The molecule has 5 nitrogen and oxygen atoms in total. The van der Waals surface area contributed by atoms with Crippen molar-refractivity contribution in [3.8, 4) is 27.5 Å². The monoisotopic (exact) mass is 520 g/mol. The zero-order chi connectivity index (χ0) is 26.0. The highest BCUT2D eigenvalue weighted by Crippen LogP contribution is 2.33. The molecule has 0 saturated carbocycles. The molecule has 0 amide bonds. The van der Waals surface area contributed by atoms with E-state index < -0.39 is 5.97 Å². The number of nitrogens with zero attached hydrogens (tertiary/aromatic N) is 2.